The van der Waals surface area contributed by atoms with E-state index in [-0.39, 0.29) is 5.78 Å². The van der Waals surface area contributed by atoms with Crippen molar-refractivity contribution in [2.24, 2.45) is 7.05 Å². The molecule has 0 fully saturated rings. The van der Waals surface area contributed by atoms with Gasteiger partial charge in [-0.15, -0.1) is 0 Å². The number of carbonyl (C=O) groups excluding carboxylic acids is 1. The van der Waals surface area contributed by atoms with E-state index in [9.17, 15) is 4.79 Å². The molecule has 0 radical (unpaired) electrons. The molecule has 64 valence electrons. The smallest absolute Gasteiger partial charge is 0.152 e. The molecule has 0 aromatic carbocycles. The maximum absolute atomic E-state index is 10.6. The van der Waals surface area contributed by atoms with E-state index in [2.05, 4.69) is 5.10 Å². The third kappa shape index (κ3) is 2.05. The summed E-state index contributed by atoms with van der Waals surface area (Å²) >= 11 is 0. The number of hydrogen-bond donors (Lipinski definition) is 0. The van der Waals surface area contributed by atoms with Crippen molar-refractivity contribution in [3.63, 3.8) is 0 Å². The van der Waals surface area contributed by atoms with Crippen LogP contribution in [0.3, 0.4) is 0 Å². The average Bonchev–Trinajstić information content (AvgIpc) is 2.26. The molecule has 3 nitrogen and oxygen atoms in total. The Kier molecular flexibility index (Phi) is 2.43. The number of aromatic nitrogens is 2. The number of allylic oxidation sites excluding steroid dienone is 1. The maximum atomic E-state index is 10.6. The van der Waals surface area contributed by atoms with Gasteiger partial charge in [-0.1, -0.05) is 0 Å². The molecule has 0 bridgehead atoms. The van der Waals surface area contributed by atoms with Crippen molar-refractivity contribution in [1.29, 1.82) is 0 Å². The third-order valence-electron chi connectivity index (χ3n) is 1.55. The van der Waals surface area contributed by atoms with Crippen molar-refractivity contribution in [2.45, 2.75) is 13.8 Å². The van der Waals surface area contributed by atoms with Gasteiger partial charge < -0.3 is 0 Å². The van der Waals surface area contributed by atoms with Crippen LogP contribution >= 0.6 is 0 Å². The zero-order chi connectivity index (χ0) is 9.14. The third-order valence-corrected chi connectivity index (χ3v) is 1.55. The SMILES string of the molecule is CC(=O)/C=C/c1cn(C)nc1C. The number of rotatable bonds is 2. The summed E-state index contributed by atoms with van der Waals surface area (Å²) in [6.45, 7) is 3.45. The van der Waals surface area contributed by atoms with Gasteiger partial charge in [-0.05, 0) is 26.0 Å². The predicted octanol–water partition coefficient (Wildman–Crippen LogP) is 1.33. The zero-order valence-electron chi connectivity index (χ0n) is 7.53. The molecule has 0 spiro atoms. The number of carbonyl (C=O) groups is 1. The van der Waals surface area contributed by atoms with E-state index in [0.29, 0.717) is 0 Å². The van der Waals surface area contributed by atoms with Gasteiger partial charge in [0.15, 0.2) is 5.78 Å². The first-order valence-electron chi connectivity index (χ1n) is 3.78. The van der Waals surface area contributed by atoms with Crippen molar-refractivity contribution in [2.75, 3.05) is 0 Å². The molecule has 0 aliphatic rings. The molecule has 12 heavy (non-hydrogen) atoms. The van der Waals surface area contributed by atoms with Gasteiger partial charge in [0.25, 0.3) is 0 Å². The first-order chi connectivity index (χ1) is 5.59. The Balaban J connectivity index is 2.89. The van der Waals surface area contributed by atoms with E-state index in [1.807, 2.05) is 20.2 Å². The van der Waals surface area contributed by atoms with Crippen LogP contribution in [-0.4, -0.2) is 15.6 Å². The van der Waals surface area contributed by atoms with Crippen LogP contribution in [0.4, 0.5) is 0 Å². The van der Waals surface area contributed by atoms with Crippen LogP contribution in [0.2, 0.25) is 0 Å². The zero-order valence-corrected chi connectivity index (χ0v) is 7.53. The molecule has 0 atom stereocenters. The molecular weight excluding hydrogens is 152 g/mol. The van der Waals surface area contributed by atoms with Crippen molar-refractivity contribution in [3.8, 4) is 0 Å². The van der Waals surface area contributed by atoms with Crippen LogP contribution in [0.25, 0.3) is 6.08 Å². The fourth-order valence-electron chi connectivity index (χ4n) is 0.989. The molecule has 0 aliphatic carbocycles. The van der Waals surface area contributed by atoms with Crippen LogP contribution in [0.5, 0.6) is 0 Å². The Morgan fingerprint density at radius 3 is 2.75 bits per heavy atom. The maximum Gasteiger partial charge on any atom is 0.152 e. The quantitative estimate of drug-likeness (QED) is 0.618. The lowest BCUT2D eigenvalue weighted by Gasteiger charge is -1.84. The Hall–Kier alpha value is -1.38. The lowest BCUT2D eigenvalue weighted by molar-refractivity contribution is -0.112. The molecule has 1 aromatic rings. The highest BCUT2D eigenvalue weighted by atomic mass is 16.1. The Morgan fingerprint density at radius 1 is 1.67 bits per heavy atom. The number of hydrogen-bond acceptors (Lipinski definition) is 2. The van der Waals surface area contributed by atoms with E-state index < -0.39 is 0 Å². The van der Waals surface area contributed by atoms with Crippen molar-refractivity contribution < 1.29 is 4.79 Å². The number of nitrogens with zero attached hydrogens (tertiary/aromatic N) is 2. The highest BCUT2D eigenvalue weighted by molar-refractivity contribution is 5.91. The Labute approximate surface area is 71.7 Å². The normalized spacial score (nSPS) is 10.9. The molecular formula is C9H12N2O. The first-order valence-corrected chi connectivity index (χ1v) is 3.78. The van der Waals surface area contributed by atoms with Gasteiger partial charge in [0.1, 0.15) is 0 Å². The van der Waals surface area contributed by atoms with E-state index >= 15 is 0 Å². The monoisotopic (exact) mass is 164 g/mol. The number of aryl methyl sites for hydroxylation is 2. The van der Waals surface area contributed by atoms with E-state index in [4.69, 9.17) is 0 Å². The Morgan fingerprint density at radius 2 is 2.33 bits per heavy atom. The molecule has 1 aromatic heterocycles. The summed E-state index contributed by atoms with van der Waals surface area (Å²) in [7, 11) is 1.86. The van der Waals surface area contributed by atoms with E-state index in [1.54, 1.807) is 16.8 Å². The highest BCUT2D eigenvalue weighted by Gasteiger charge is 1.97. The van der Waals surface area contributed by atoms with Crippen molar-refractivity contribution in [3.05, 3.63) is 23.5 Å². The summed E-state index contributed by atoms with van der Waals surface area (Å²) in [5, 5.41) is 4.14. The second-order valence-electron chi connectivity index (χ2n) is 2.79. The van der Waals surface area contributed by atoms with Gasteiger partial charge in [-0.25, -0.2) is 0 Å². The Bertz CT molecular complexity index is 323. The molecule has 3 heteroatoms. The second kappa shape index (κ2) is 3.34. The first kappa shape index (κ1) is 8.71. The minimum absolute atomic E-state index is 0.0539. The molecule has 0 N–H and O–H groups in total. The van der Waals surface area contributed by atoms with Crippen LogP contribution < -0.4 is 0 Å². The average molecular weight is 164 g/mol. The molecule has 0 aliphatic heterocycles. The lowest BCUT2D eigenvalue weighted by Crippen LogP contribution is -1.86. The predicted molar refractivity (Wildman–Crippen MR) is 47.7 cm³/mol. The summed E-state index contributed by atoms with van der Waals surface area (Å²) in [5.74, 6) is 0.0539. The molecule has 1 rings (SSSR count). The van der Waals surface area contributed by atoms with Crippen molar-refractivity contribution >= 4 is 11.9 Å². The van der Waals surface area contributed by atoms with E-state index in [0.717, 1.165) is 11.3 Å². The molecule has 0 saturated carbocycles. The second-order valence-corrected chi connectivity index (χ2v) is 2.79. The van der Waals surface area contributed by atoms with Gasteiger partial charge in [0, 0.05) is 18.8 Å². The topological polar surface area (TPSA) is 34.9 Å². The number of ketones is 1. The van der Waals surface area contributed by atoms with Gasteiger partial charge in [-0.3, -0.25) is 9.48 Å². The summed E-state index contributed by atoms with van der Waals surface area (Å²) < 4.78 is 1.73. The largest absolute Gasteiger partial charge is 0.295 e. The summed E-state index contributed by atoms with van der Waals surface area (Å²) in [4.78, 5) is 10.6. The molecule has 0 unspecified atom stereocenters. The summed E-state index contributed by atoms with van der Waals surface area (Å²) in [5.41, 5.74) is 1.93. The minimum Gasteiger partial charge on any atom is -0.295 e. The fraction of sp³-hybridized carbons (Fsp3) is 0.333. The summed E-state index contributed by atoms with van der Waals surface area (Å²) in [6.07, 6.45) is 5.21. The standard InChI is InChI=1S/C9H12N2O/c1-7(12)4-5-9-6-11(3)10-8(9)2/h4-6H,1-3H3/b5-4+. The fourth-order valence-corrected chi connectivity index (χ4v) is 0.989. The van der Waals surface area contributed by atoms with Crippen LogP contribution in [-0.2, 0) is 11.8 Å². The van der Waals surface area contributed by atoms with Crippen LogP contribution in [0.1, 0.15) is 18.2 Å². The lowest BCUT2D eigenvalue weighted by atomic mass is 10.2. The molecule has 1 heterocycles. The highest BCUT2D eigenvalue weighted by Crippen LogP contribution is 2.06. The molecule has 0 amide bonds. The van der Waals surface area contributed by atoms with Crippen LogP contribution in [0.15, 0.2) is 12.3 Å². The van der Waals surface area contributed by atoms with Crippen molar-refractivity contribution in [1.82, 2.24) is 9.78 Å². The van der Waals surface area contributed by atoms with Gasteiger partial charge in [-0.2, -0.15) is 5.10 Å². The van der Waals surface area contributed by atoms with Crippen LogP contribution in [0, 0.1) is 6.92 Å². The van der Waals surface area contributed by atoms with Gasteiger partial charge in [0.2, 0.25) is 0 Å². The van der Waals surface area contributed by atoms with Gasteiger partial charge >= 0.3 is 0 Å². The minimum atomic E-state index is 0.0539. The van der Waals surface area contributed by atoms with Gasteiger partial charge in [0.05, 0.1) is 5.69 Å². The molecule has 0 saturated heterocycles. The van der Waals surface area contributed by atoms with E-state index in [1.165, 1.54) is 6.92 Å². The summed E-state index contributed by atoms with van der Waals surface area (Å²) in [6, 6.07) is 0.